The zero-order valence-electron chi connectivity index (χ0n) is 11.2. The lowest BCUT2D eigenvalue weighted by Gasteiger charge is -2.11. The molecular weight excluding hydrogens is 244 g/mol. The summed E-state index contributed by atoms with van der Waals surface area (Å²) in [6, 6.07) is 1.84. The Morgan fingerprint density at radius 2 is 2.21 bits per heavy atom. The quantitative estimate of drug-likeness (QED) is 0.645. The molecule has 0 radical (unpaired) electrons. The van der Waals surface area contributed by atoms with Crippen LogP contribution < -0.4 is 5.32 Å². The number of ether oxygens (including phenoxy) is 1. The molecule has 0 aromatic carbocycles. The maximum absolute atomic E-state index is 12.0. The third kappa shape index (κ3) is 2.54. The third-order valence-corrected chi connectivity index (χ3v) is 3.20. The van der Waals surface area contributed by atoms with Crippen molar-refractivity contribution in [2.24, 2.45) is 0 Å². The van der Waals surface area contributed by atoms with E-state index in [4.69, 9.17) is 4.74 Å². The molecule has 1 aromatic rings. The second kappa shape index (κ2) is 5.73. The number of amides is 1. The van der Waals surface area contributed by atoms with Crippen LogP contribution in [-0.2, 0) is 9.53 Å². The Kier molecular flexibility index (Phi) is 4.04. The van der Waals surface area contributed by atoms with Crippen LogP contribution in [0.5, 0.6) is 0 Å². The van der Waals surface area contributed by atoms with Gasteiger partial charge in [-0.1, -0.05) is 6.92 Å². The van der Waals surface area contributed by atoms with Gasteiger partial charge >= 0.3 is 5.97 Å². The monoisotopic (exact) mass is 262 g/mol. The van der Waals surface area contributed by atoms with Crippen molar-refractivity contribution in [2.75, 3.05) is 13.2 Å². The van der Waals surface area contributed by atoms with E-state index in [2.05, 4.69) is 10.3 Å². The molecule has 0 spiro atoms. The Hall–Kier alpha value is -2.04. The Labute approximate surface area is 112 Å². The minimum absolute atomic E-state index is 0.130. The van der Waals surface area contributed by atoms with E-state index in [-0.39, 0.29) is 11.9 Å². The van der Waals surface area contributed by atoms with Crippen LogP contribution in [0.1, 0.15) is 42.7 Å². The molecule has 0 unspecified atom stereocenters. The van der Waals surface area contributed by atoms with Crippen molar-refractivity contribution in [1.82, 2.24) is 10.3 Å². The highest BCUT2D eigenvalue weighted by Gasteiger charge is 2.24. The summed E-state index contributed by atoms with van der Waals surface area (Å²) in [5.41, 5.74) is 2.87. The molecular formula is C14H18N2O3. The summed E-state index contributed by atoms with van der Waals surface area (Å²) in [5, 5.41) is 2.81. The fourth-order valence-corrected chi connectivity index (χ4v) is 2.35. The fraction of sp³-hybridized carbons (Fsp3) is 0.429. The van der Waals surface area contributed by atoms with Crippen LogP contribution in [0.15, 0.2) is 17.8 Å². The Bertz CT molecular complexity index is 529. The van der Waals surface area contributed by atoms with E-state index in [1.165, 1.54) is 0 Å². The van der Waals surface area contributed by atoms with Crippen LogP contribution >= 0.6 is 0 Å². The number of carbonyl (C=O) groups excluding carboxylic acids is 2. The first-order valence-corrected chi connectivity index (χ1v) is 6.54. The maximum atomic E-state index is 12.0. The molecule has 0 atom stereocenters. The summed E-state index contributed by atoms with van der Waals surface area (Å²) < 4.78 is 5.10. The number of hydrogen-bond acceptors (Lipinski definition) is 3. The molecule has 1 aliphatic rings. The van der Waals surface area contributed by atoms with Gasteiger partial charge in [-0.25, -0.2) is 4.79 Å². The molecule has 2 N–H and O–H groups in total. The van der Waals surface area contributed by atoms with Gasteiger partial charge in [0.15, 0.2) is 0 Å². The minimum Gasteiger partial charge on any atom is -0.463 e. The van der Waals surface area contributed by atoms with Gasteiger partial charge in [0, 0.05) is 23.9 Å². The highest BCUT2D eigenvalue weighted by molar-refractivity contribution is 6.04. The van der Waals surface area contributed by atoms with E-state index in [0.717, 1.165) is 11.1 Å². The van der Waals surface area contributed by atoms with Gasteiger partial charge in [-0.3, -0.25) is 4.79 Å². The lowest BCUT2D eigenvalue weighted by atomic mass is 9.96. The fourth-order valence-electron chi connectivity index (χ4n) is 2.35. The number of nitrogens with one attached hydrogen (secondary N) is 2. The van der Waals surface area contributed by atoms with E-state index >= 15 is 0 Å². The van der Waals surface area contributed by atoms with Gasteiger partial charge in [0.2, 0.25) is 0 Å². The van der Waals surface area contributed by atoms with Crippen molar-refractivity contribution in [1.29, 1.82) is 0 Å². The molecule has 0 saturated heterocycles. The lowest BCUT2D eigenvalue weighted by molar-refractivity contribution is -0.138. The lowest BCUT2D eigenvalue weighted by Crippen LogP contribution is -2.22. The molecule has 0 aliphatic carbocycles. The van der Waals surface area contributed by atoms with E-state index in [9.17, 15) is 9.59 Å². The number of carbonyl (C=O) groups is 2. The molecule has 0 fully saturated rings. The topological polar surface area (TPSA) is 71.2 Å². The predicted octanol–water partition coefficient (Wildman–Crippen LogP) is 1.87. The number of rotatable bonds is 3. The number of esters is 1. The summed E-state index contributed by atoms with van der Waals surface area (Å²) in [6.45, 7) is 4.59. The molecule has 0 saturated carbocycles. The van der Waals surface area contributed by atoms with Crippen molar-refractivity contribution >= 4 is 17.4 Å². The highest BCUT2D eigenvalue weighted by Crippen LogP contribution is 2.29. The molecule has 1 aliphatic heterocycles. The summed E-state index contributed by atoms with van der Waals surface area (Å²) in [7, 11) is 0. The number of aromatic amines is 1. The molecule has 2 rings (SSSR count). The third-order valence-electron chi connectivity index (χ3n) is 3.20. The summed E-state index contributed by atoms with van der Waals surface area (Å²) in [5.74, 6) is -0.421. The predicted molar refractivity (Wildman–Crippen MR) is 71.6 cm³/mol. The molecule has 1 amide bonds. The second-order valence-electron chi connectivity index (χ2n) is 4.30. The average molecular weight is 262 g/mol. The van der Waals surface area contributed by atoms with Crippen molar-refractivity contribution in [3.8, 4) is 0 Å². The zero-order chi connectivity index (χ0) is 13.8. The molecule has 19 heavy (non-hydrogen) atoms. The van der Waals surface area contributed by atoms with Gasteiger partial charge in [-0.15, -0.1) is 0 Å². The molecule has 5 nitrogen and oxygen atoms in total. The summed E-state index contributed by atoms with van der Waals surface area (Å²) in [6.07, 6.45) is 2.94. The van der Waals surface area contributed by atoms with Gasteiger partial charge in [0.1, 0.15) is 5.69 Å². The molecule has 1 aromatic heterocycles. The van der Waals surface area contributed by atoms with E-state index in [0.29, 0.717) is 37.3 Å². The zero-order valence-corrected chi connectivity index (χ0v) is 11.2. The Morgan fingerprint density at radius 1 is 1.42 bits per heavy atom. The molecule has 5 heteroatoms. The van der Waals surface area contributed by atoms with Gasteiger partial charge in [0.25, 0.3) is 5.91 Å². The van der Waals surface area contributed by atoms with Crippen molar-refractivity contribution < 1.29 is 14.3 Å². The van der Waals surface area contributed by atoms with Crippen molar-refractivity contribution in [2.45, 2.75) is 26.7 Å². The second-order valence-corrected chi connectivity index (χ2v) is 4.30. The van der Waals surface area contributed by atoms with E-state index in [1.807, 2.05) is 13.0 Å². The van der Waals surface area contributed by atoms with Gasteiger partial charge in [-0.2, -0.15) is 0 Å². The van der Waals surface area contributed by atoms with Crippen molar-refractivity contribution in [3.63, 3.8) is 0 Å². The standard InChI is InChI=1S/C14H18N2O3/c1-3-9(14(18)19-4-2)10-5-8-16-13(17)12-11(10)6-7-15-12/h6-7,15H,3-5,8H2,1-2H3,(H,16,17). The van der Waals surface area contributed by atoms with Crippen LogP contribution in [0.4, 0.5) is 0 Å². The van der Waals surface area contributed by atoms with Gasteiger partial charge < -0.3 is 15.0 Å². The number of hydrogen-bond donors (Lipinski definition) is 2. The minimum atomic E-state index is -0.290. The molecule has 2 heterocycles. The molecule has 102 valence electrons. The normalized spacial score (nSPS) is 17.3. The largest absolute Gasteiger partial charge is 0.463 e. The van der Waals surface area contributed by atoms with Crippen LogP contribution in [0.3, 0.4) is 0 Å². The van der Waals surface area contributed by atoms with Crippen LogP contribution in [-0.4, -0.2) is 30.0 Å². The molecule has 0 bridgehead atoms. The highest BCUT2D eigenvalue weighted by atomic mass is 16.5. The first-order valence-electron chi connectivity index (χ1n) is 6.54. The van der Waals surface area contributed by atoms with E-state index < -0.39 is 0 Å². The van der Waals surface area contributed by atoms with Crippen LogP contribution in [0.25, 0.3) is 5.57 Å². The average Bonchev–Trinajstić information content (AvgIpc) is 2.81. The van der Waals surface area contributed by atoms with Crippen LogP contribution in [0, 0.1) is 0 Å². The Morgan fingerprint density at radius 3 is 2.89 bits per heavy atom. The summed E-state index contributed by atoms with van der Waals surface area (Å²) in [4.78, 5) is 26.8. The van der Waals surface area contributed by atoms with Gasteiger partial charge in [-0.05, 0) is 31.4 Å². The summed E-state index contributed by atoms with van der Waals surface area (Å²) >= 11 is 0. The SMILES string of the molecule is CCOC(=O)C(CC)=C1CCNC(=O)c2[nH]ccc21. The number of aromatic nitrogens is 1. The van der Waals surface area contributed by atoms with Crippen molar-refractivity contribution in [3.05, 3.63) is 29.1 Å². The number of H-pyrrole nitrogens is 1. The smallest absolute Gasteiger partial charge is 0.334 e. The Balaban J connectivity index is 2.50. The first kappa shape index (κ1) is 13.4. The maximum Gasteiger partial charge on any atom is 0.334 e. The van der Waals surface area contributed by atoms with Gasteiger partial charge in [0.05, 0.1) is 6.61 Å². The first-order chi connectivity index (χ1) is 9.19. The van der Waals surface area contributed by atoms with Crippen LogP contribution in [0.2, 0.25) is 0 Å². The number of fused-ring (bicyclic) bond motifs is 1. The van der Waals surface area contributed by atoms with E-state index in [1.54, 1.807) is 13.1 Å².